The first kappa shape index (κ1) is 13.0. The van der Waals surface area contributed by atoms with E-state index >= 15 is 0 Å². The SMILES string of the molecule is CC1CC[NH+](CC(=O)Nc2cccc(F)c2)CC1. The quantitative estimate of drug-likeness (QED) is 0.828. The van der Waals surface area contributed by atoms with E-state index < -0.39 is 0 Å². The van der Waals surface area contributed by atoms with Crippen LogP contribution in [0.2, 0.25) is 0 Å². The van der Waals surface area contributed by atoms with Crippen molar-refractivity contribution in [3.05, 3.63) is 30.1 Å². The molecule has 4 heteroatoms. The Hall–Kier alpha value is -1.42. The van der Waals surface area contributed by atoms with E-state index in [1.807, 2.05) is 0 Å². The van der Waals surface area contributed by atoms with Crippen molar-refractivity contribution in [3.63, 3.8) is 0 Å². The number of piperidine rings is 1. The van der Waals surface area contributed by atoms with Gasteiger partial charge in [0.05, 0.1) is 13.1 Å². The van der Waals surface area contributed by atoms with E-state index in [2.05, 4.69) is 12.2 Å². The Morgan fingerprint density at radius 1 is 1.44 bits per heavy atom. The van der Waals surface area contributed by atoms with E-state index in [0.29, 0.717) is 12.2 Å². The number of halogens is 1. The zero-order valence-electron chi connectivity index (χ0n) is 10.7. The standard InChI is InChI=1S/C14H19FN2O/c1-11-5-7-17(8-6-11)10-14(18)16-13-4-2-3-12(15)9-13/h2-4,9,11H,5-8,10H2,1H3,(H,16,18)/p+1. The summed E-state index contributed by atoms with van der Waals surface area (Å²) in [6.45, 7) is 4.84. The Balaban J connectivity index is 1.82. The van der Waals surface area contributed by atoms with Gasteiger partial charge in [-0.2, -0.15) is 0 Å². The Kier molecular flexibility index (Phi) is 4.31. The van der Waals surface area contributed by atoms with Crippen LogP contribution in [-0.4, -0.2) is 25.5 Å². The Morgan fingerprint density at radius 3 is 2.83 bits per heavy atom. The summed E-state index contributed by atoms with van der Waals surface area (Å²) in [4.78, 5) is 13.1. The van der Waals surface area contributed by atoms with Gasteiger partial charge in [-0.1, -0.05) is 13.0 Å². The summed E-state index contributed by atoms with van der Waals surface area (Å²) in [5.74, 6) is 0.414. The van der Waals surface area contributed by atoms with Gasteiger partial charge in [0.2, 0.25) is 0 Å². The largest absolute Gasteiger partial charge is 0.327 e. The first-order valence-electron chi connectivity index (χ1n) is 6.52. The summed E-state index contributed by atoms with van der Waals surface area (Å²) in [5, 5.41) is 2.74. The number of carbonyl (C=O) groups excluding carboxylic acids is 1. The van der Waals surface area contributed by atoms with Gasteiger partial charge in [0.1, 0.15) is 5.82 Å². The van der Waals surface area contributed by atoms with Gasteiger partial charge in [0.15, 0.2) is 6.54 Å². The number of anilines is 1. The van der Waals surface area contributed by atoms with Crippen LogP contribution in [-0.2, 0) is 4.79 Å². The fraction of sp³-hybridized carbons (Fsp3) is 0.500. The molecule has 3 nitrogen and oxygen atoms in total. The molecular formula is C14H20FN2O+. The summed E-state index contributed by atoms with van der Waals surface area (Å²) in [6.07, 6.45) is 2.37. The molecule has 0 spiro atoms. The number of benzene rings is 1. The van der Waals surface area contributed by atoms with Crippen LogP contribution in [0.15, 0.2) is 24.3 Å². The van der Waals surface area contributed by atoms with Crippen LogP contribution in [0.5, 0.6) is 0 Å². The van der Waals surface area contributed by atoms with Gasteiger partial charge in [0, 0.05) is 5.69 Å². The van der Waals surface area contributed by atoms with Gasteiger partial charge in [-0.25, -0.2) is 4.39 Å². The molecular weight excluding hydrogens is 231 g/mol. The van der Waals surface area contributed by atoms with Crippen molar-refractivity contribution in [2.45, 2.75) is 19.8 Å². The third-order valence-corrected chi connectivity index (χ3v) is 3.50. The lowest BCUT2D eigenvalue weighted by Crippen LogP contribution is -3.14. The van der Waals surface area contributed by atoms with E-state index in [0.717, 1.165) is 19.0 Å². The highest BCUT2D eigenvalue weighted by Gasteiger charge is 2.21. The zero-order valence-corrected chi connectivity index (χ0v) is 10.7. The molecule has 1 fully saturated rings. The smallest absolute Gasteiger partial charge is 0.279 e. The van der Waals surface area contributed by atoms with Crippen molar-refractivity contribution >= 4 is 11.6 Å². The van der Waals surface area contributed by atoms with Crippen molar-refractivity contribution in [2.75, 3.05) is 25.0 Å². The number of rotatable bonds is 3. The van der Waals surface area contributed by atoms with E-state index in [-0.39, 0.29) is 11.7 Å². The second-order valence-electron chi connectivity index (χ2n) is 5.17. The molecule has 2 rings (SSSR count). The molecule has 0 saturated carbocycles. The zero-order chi connectivity index (χ0) is 13.0. The number of quaternary nitrogens is 1. The number of hydrogen-bond donors (Lipinski definition) is 2. The van der Waals surface area contributed by atoms with Gasteiger partial charge in [-0.3, -0.25) is 4.79 Å². The summed E-state index contributed by atoms with van der Waals surface area (Å²) >= 11 is 0. The minimum atomic E-state index is -0.327. The molecule has 2 N–H and O–H groups in total. The predicted octanol–water partition coefficient (Wildman–Crippen LogP) is 1.08. The minimum Gasteiger partial charge on any atom is -0.327 e. The molecule has 0 unspecified atom stereocenters. The normalized spacial score (nSPS) is 23.7. The first-order chi connectivity index (χ1) is 8.63. The predicted molar refractivity (Wildman–Crippen MR) is 69.0 cm³/mol. The van der Waals surface area contributed by atoms with E-state index in [1.54, 1.807) is 12.1 Å². The first-order valence-corrected chi connectivity index (χ1v) is 6.52. The molecule has 0 atom stereocenters. The molecule has 98 valence electrons. The second kappa shape index (κ2) is 5.96. The number of carbonyl (C=O) groups is 1. The van der Waals surface area contributed by atoms with Crippen LogP contribution < -0.4 is 10.2 Å². The van der Waals surface area contributed by atoms with Gasteiger partial charge in [0.25, 0.3) is 5.91 Å². The van der Waals surface area contributed by atoms with Crippen LogP contribution in [0.1, 0.15) is 19.8 Å². The summed E-state index contributed by atoms with van der Waals surface area (Å²) in [6, 6.07) is 6.01. The van der Waals surface area contributed by atoms with Crippen molar-refractivity contribution in [2.24, 2.45) is 5.92 Å². The molecule has 0 bridgehead atoms. The number of amides is 1. The molecule has 1 aromatic rings. The highest BCUT2D eigenvalue weighted by molar-refractivity contribution is 5.91. The molecule has 1 aliphatic rings. The van der Waals surface area contributed by atoms with Crippen LogP contribution >= 0.6 is 0 Å². The summed E-state index contributed by atoms with van der Waals surface area (Å²) < 4.78 is 13.0. The fourth-order valence-electron chi connectivity index (χ4n) is 2.35. The van der Waals surface area contributed by atoms with Crippen molar-refractivity contribution in [1.29, 1.82) is 0 Å². The molecule has 1 aromatic carbocycles. The average Bonchev–Trinajstić information content (AvgIpc) is 2.32. The summed E-state index contributed by atoms with van der Waals surface area (Å²) in [7, 11) is 0. The average molecular weight is 251 g/mol. The molecule has 18 heavy (non-hydrogen) atoms. The van der Waals surface area contributed by atoms with E-state index in [4.69, 9.17) is 0 Å². The van der Waals surface area contributed by atoms with Crippen LogP contribution in [0, 0.1) is 11.7 Å². The Morgan fingerprint density at radius 2 is 2.17 bits per heavy atom. The second-order valence-corrected chi connectivity index (χ2v) is 5.17. The molecule has 0 aliphatic carbocycles. The molecule has 0 aromatic heterocycles. The molecule has 1 amide bonds. The van der Waals surface area contributed by atoms with Crippen LogP contribution in [0.3, 0.4) is 0 Å². The maximum atomic E-state index is 13.0. The lowest BCUT2D eigenvalue weighted by atomic mass is 9.99. The maximum Gasteiger partial charge on any atom is 0.279 e. The third-order valence-electron chi connectivity index (χ3n) is 3.50. The van der Waals surface area contributed by atoms with Gasteiger partial charge < -0.3 is 10.2 Å². The van der Waals surface area contributed by atoms with Crippen molar-refractivity contribution in [1.82, 2.24) is 0 Å². The topological polar surface area (TPSA) is 33.5 Å². The highest BCUT2D eigenvalue weighted by atomic mass is 19.1. The van der Waals surface area contributed by atoms with Crippen molar-refractivity contribution in [3.8, 4) is 0 Å². The number of likely N-dealkylation sites (tertiary alicyclic amines) is 1. The van der Waals surface area contributed by atoms with Gasteiger partial charge in [-0.05, 0) is 37.0 Å². The molecule has 1 saturated heterocycles. The van der Waals surface area contributed by atoms with Gasteiger partial charge in [-0.15, -0.1) is 0 Å². The lowest BCUT2D eigenvalue weighted by Gasteiger charge is -2.26. The van der Waals surface area contributed by atoms with Gasteiger partial charge >= 0.3 is 0 Å². The van der Waals surface area contributed by atoms with Crippen LogP contribution in [0.25, 0.3) is 0 Å². The maximum absolute atomic E-state index is 13.0. The van der Waals surface area contributed by atoms with Crippen LogP contribution in [0.4, 0.5) is 10.1 Å². The highest BCUT2D eigenvalue weighted by Crippen LogP contribution is 2.09. The Labute approximate surface area is 107 Å². The van der Waals surface area contributed by atoms with Crippen molar-refractivity contribution < 1.29 is 14.1 Å². The Bertz CT molecular complexity index is 414. The fourth-order valence-corrected chi connectivity index (χ4v) is 2.35. The van der Waals surface area contributed by atoms with E-state index in [1.165, 1.54) is 29.9 Å². The molecule has 1 aliphatic heterocycles. The molecule has 0 radical (unpaired) electrons. The number of hydrogen-bond acceptors (Lipinski definition) is 1. The van der Waals surface area contributed by atoms with E-state index in [9.17, 15) is 9.18 Å². The monoisotopic (exact) mass is 251 g/mol. The number of nitrogens with one attached hydrogen (secondary N) is 2. The molecule has 1 heterocycles. The summed E-state index contributed by atoms with van der Waals surface area (Å²) in [5.41, 5.74) is 0.532. The minimum absolute atomic E-state index is 0.0369. The lowest BCUT2D eigenvalue weighted by molar-refractivity contribution is -0.897. The third kappa shape index (κ3) is 3.81.